The maximum atomic E-state index is 12.6. The van der Waals surface area contributed by atoms with Gasteiger partial charge in [-0.05, 0) is 43.2 Å². The predicted molar refractivity (Wildman–Crippen MR) is 118 cm³/mol. The van der Waals surface area contributed by atoms with Crippen LogP contribution in [-0.4, -0.2) is 52.2 Å². The lowest BCUT2D eigenvalue weighted by Gasteiger charge is -2.35. The normalized spacial score (nSPS) is 13.9. The number of amides is 1. The van der Waals surface area contributed by atoms with Gasteiger partial charge in [0.1, 0.15) is 0 Å². The van der Waals surface area contributed by atoms with Crippen LogP contribution in [0.25, 0.3) is 0 Å². The maximum absolute atomic E-state index is 12.6. The number of rotatable bonds is 6. The number of hydrogen-bond acceptors (Lipinski definition) is 6. The van der Waals surface area contributed by atoms with Gasteiger partial charge in [0.05, 0.1) is 11.9 Å². The Morgan fingerprint density at radius 2 is 1.90 bits per heavy atom. The number of carbonyl (C=O) groups is 1. The molecule has 7 heteroatoms. The van der Waals surface area contributed by atoms with Crippen LogP contribution in [-0.2, 0) is 11.2 Å². The lowest BCUT2D eigenvalue weighted by Crippen LogP contribution is -2.49. The fourth-order valence-electron chi connectivity index (χ4n) is 3.61. The van der Waals surface area contributed by atoms with Gasteiger partial charge in [-0.3, -0.25) is 9.78 Å². The quantitative estimate of drug-likeness (QED) is 0.683. The van der Waals surface area contributed by atoms with E-state index in [1.807, 2.05) is 35.2 Å². The Kier molecular flexibility index (Phi) is 6.17. The largest absolute Gasteiger partial charge is 0.352 e. The molecule has 4 rings (SSSR count). The highest BCUT2D eigenvalue weighted by Crippen LogP contribution is 2.17. The van der Waals surface area contributed by atoms with Gasteiger partial charge < -0.3 is 15.1 Å². The van der Waals surface area contributed by atoms with E-state index in [1.54, 1.807) is 12.4 Å². The molecule has 1 N–H and O–H groups in total. The first kappa shape index (κ1) is 19.8. The zero-order valence-electron chi connectivity index (χ0n) is 17.2. The summed E-state index contributed by atoms with van der Waals surface area (Å²) in [7, 11) is 0. The van der Waals surface area contributed by atoms with Crippen molar-refractivity contribution in [3.8, 4) is 0 Å². The molecule has 0 spiro atoms. The smallest absolute Gasteiger partial charge is 0.223 e. The molecule has 1 aliphatic rings. The van der Waals surface area contributed by atoms with Crippen LogP contribution in [0.5, 0.6) is 0 Å². The highest BCUT2D eigenvalue weighted by Gasteiger charge is 2.22. The number of piperazine rings is 1. The number of nitrogens with zero attached hydrogens (tertiary/aromatic N) is 5. The van der Waals surface area contributed by atoms with E-state index in [0.29, 0.717) is 25.3 Å². The Hall–Kier alpha value is -3.48. The van der Waals surface area contributed by atoms with E-state index >= 15 is 0 Å². The monoisotopic (exact) mass is 402 g/mol. The fraction of sp³-hybridized carbons (Fsp3) is 0.304. The van der Waals surface area contributed by atoms with Crippen LogP contribution in [0.15, 0.2) is 60.9 Å². The SMILES string of the molecule is Cc1cccc(CCC(=O)N2CCN(c3ccc(Nc4cccnc4)nn3)CC2)c1. The molecular weight excluding hydrogens is 376 g/mol. The summed E-state index contributed by atoms with van der Waals surface area (Å²) in [6.07, 6.45) is 4.81. The summed E-state index contributed by atoms with van der Waals surface area (Å²) in [5, 5.41) is 11.8. The second kappa shape index (κ2) is 9.35. The Labute approximate surface area is 176 Å². The molecule has 0 saturated carbocycles. The molecule has 1 fully saturated rings. The van der Waals surface area contributed by atoms with Gasteiger partial charge >= 0.3 is 0 Å². The number of benzene rings is 1. The molecule has 0 atom stereocenters. The van der Waals surface area contributed by atoms with Crippen molar-refractivity contribution in [1.29, 1.82) is 0 Å². The predicted octanol–water partition coefficient (Wildman–Crippen LogP) is 3.21. The Balaban J connectivity index is 1.26. The van der Waals surface area contributed by atoms with Crippen molar-refractivity contribution >= 4 is 23.2 Å². The summed E-state index contributed by atoms with van der Waals surface area (Å²) in [5.74, 6) is 1.73. The average molecular weight is 403 g/mol. The van der Waals surface area contributed by atoms with Gasteiger partial charge in [-0.1, -0.05) is 29.8 Å². The molecule has 0 bridgehead atoms. The van der Waals surface area contributed by atoms with Gasteiger partial charge in [-0.2, -0.15) is 0 Å². The summed E-state index contributed by atoms with van der Waals surface area (Å²) < 4.78 is 0. The van der Waals surface area contributed by atoms with Crippen LogP contribution in [0, 0.1) is 6.92 Å². The van der Waals surface area contributed by atoms with E-state index in [1.165, 1.54) is 11.1 Å². The first-order valence-electron chi connectivity index (χ1n) is 10.3. The molecule has 0 radical (unpaired) electrons. The highest BCUT2D eigenvalue weighted by atomic mass is 16.2. The van der Waals surface area contributed by atoms with Gasteiger partial charge in [0.2, 0.25) is 5.91 Å². The minimum atomic E-state index is 0.221. The third-order valence-electron chi connectivity index (χ3n) is 5.25. The first-order chi connectivity index (χ1) is 14.7. The van der Waals surface area contributed by atoms with Crippen molar-refractivity contribution in [1.82, 2.24) is 20.1 Å². The van der Waals surface area contributed by atoms with Crippen LogP contribution < -0.4 is 10.2 Å². The summed E-state index contributed by atoms with van der Waals surface area (Å²) in [4.78, 5) is 20.8. The van der Waals surface area contributed by atoms with Crippen molar-refractivity contribution < 1.29 is 4.79 Å². The van der Waals surface area contributed by atoms with E-state index in [9.17, 15) is 4.79 Å². The maximum Gasteiger partial charge on any atom is 0.223 e. The minimum absolute atomic E-state index is 0.221. The van der Waals surface area contributed by atoms with Gasteiger partial charge in [0.15, 0.2) is 11.6 Å². The molecule has 1 aliphatic heterocycles. The van der Waals surface area contributed by atoms with E-state index in [-0.39, 0.29) is 5.91 Å². The van der Waals surface area contributed by atoms with Gasteiger partial charge in [-0.25, -0.2) is 0 Å². The van der Waals surface area contributed by atoms with Crippen LogP contribution >= 0.6 is 0 Å². The summed E-state index contributed by atoms with van der Waals surface area (Å²) in [6.45, 7) is 5.03. The van der Waals surface area contributed by atoms with E-state index in [2.05, 4.69) is 50.5 Å². The third-order valence-corrected chi connectivity index (χ3v) is 5.25. The summed E-state index contributed by atoms with van der Waals surface area (Å²) in [6, 6.07) is 16.0. The highest BCUT2D eigenvalue weighted by molar-refractivity contribution is 5.76. The van der Waals surface area contributed by atoms with Crippen molar-refractivity contribution in [2.75, 3.05) is 36.4 Å². The molecular formula is C23H26N6O. The number of anilines is 3. The molecule has 7 nitrogen and oxygen atoms in total. The van der Waals surface area contributed by atoms with Gasteiger partial charge in [0, 0.05) is 38.8 Å². The van der Waals surface area contributed by atoms with Crippen LogP contribution in [0.2, 0.25) is 0 Å². The molecule has 0 unspecified atom stereocenters. The van der Waals surface area contributed by atoms with Crippen molar-refractivity contribution in [3.63, 3.8) is 0 Å². The number of carbonyl (C=O) groups excluding carboxylic acids is 1. The first-order valence-corrected chi connectivity index (χ1v) is 10.3. The van der Waals surface area contributed by atoms with Gasteiger partial charge in [-0.15, -0.1) is 10.2 Å². The molecule has 154 valence electrons. The fourth-order valence-corrected chi connectivity index (χ4v) is 3.61. The standard InChI is InChI=1S/C23H26N6O/c1-18-4-2-5-19(16-18)7-10-23(30)29-14-12-28(13-15-29)22-9-8-21(26-27-22)25-20-6-3-11-24-17-20/h2-6,8-9,11,16-17H,7,10,12-15H2,1H3,(H,25,26). The molecule has 3 aromatic rings. The summed E-state index contributed by atoms with van der Waals surface area (Å²) in [5.41, 5.74) is 3.32. The molecule has 1 aromatic carbocycles. The van der Waals surface area contributed by atoms with Crippen LogP contribution in [0.4, 0.5) is 17.3 Å². The topological polar surface area (TPSA) is 74.2 Å². The second-order valence-corrected chi connectivity index (χ2v) is 7.50. The third kappa shape index (κ3) is 5.11. The Morgan fingerprint density at radius 1 is 1.03 bits per heavy atom. The number of nitrogens with one attached hydrogen (secondary N) is 1. The Morgan fingerprint density at radius 3 is 2.60 bits per heavy atom. The Bertz CT molecular complexity index is 968. The van der Waals surface area contributed by atoms with Gasteiger partial charge in [0.25, 0.3) is 0 Å². The summed E-state index contributed by atoms with van der Waals surface area (Å²) >= 11 is 0. The number of aryl methyl sites for hydroxylation is 2. The molecule has 1 amide bonds. The van der Waals surface area contributed by atoms with E-state index in [0.717, 1.165) is 31.0 Å². The molecule has 3 heterocycles. The molecule has 2 aromatic heterocycles. The average Bonchev–Trinajstić information content (AvgIpc) is 2.79. The van der Waals surface area contributed by atoms with Crippen LogP contribution in [0.1, 0.15) is 17.5 Å². The zero-order chi connectivity index (χ0) is 20.8. The van der Waals surface area contributed by atoms with Crippen molar-refractivity contribution in [2.24, 2.45) is 0 Å². The lowest BCUT2D eigenvalue weighted by atomic mass is 10.1. The van der Waals surface area contributed by atoms with Crippen molar-refractivity contribution in [2.45, 2.75) is 19.8 Å². The molecule has 0 aliphatic carbocycles. The van der Waals surface area contributed by atoms with Crippen LogP contribution in [0.3, 0.4) is 0 Å². The number of aromatic nitrogens is 3. The van der Waals surface area contributed by atoms with E-state index < -0.39 is 0 Å². The lowest BCUT2D eigenvalue weighted by molar-refractivity contribution is -0.131. The number of hydrogen-bond donors (Lipinski definition) is 1. The van der Waals surface area contributed by atoms with Crippen molar-refractivity contribution in [3.05, 3.63) is 72.1 Å². The van der Waals surface area contributed by atoms with E-state index in [4.69, 9.17) is 0 Å². The second-order valence-electron chi connectivity index (χ2n) is 7.50. The zero-order valence-corrected chi connectivity index (χ0v) is 17.2. The molecule has 1 saturated heterocycles. The number of pyridine rings is 1. The minimum Gasteiger partial charge on any atom is -0.352 e. The molecule has 30 heavy (non-hydrogen) atoms.